The van der Waals surface area contributed by atoms with Gasteiger partial charge in [-0.05, 0) is 12.5 Å². The summed E-state index contributed by atoms with van der Waals surface area (Å²) in [5.74, 6) is 0. The van der Waals surface area contributed by atoms with Gasteiger partial charge in [0.25, 0.3) is 0 Å². The fraction of sp³-hybridized carbons (Fsp3) is 0.667. The summed E-state index contributed by atoms with van der Waals surface area (Å²) in [7, 11) is 0. The van der Waals surface area contributed by atoms with E-state index >= 15 is 0 Å². The van der Waals surface area contributed by atoms with Crippen LogP contribution in [0.2, 0.25) is 0 Å². The molecule has 6 N–H and O–H groups in total. The van der Waals surface area contributed by atoms with Crippen molar-refractivity contribution in [2.45, 2.75) is 24.9 Å². The minimum absolute atomic E-state index is 0.0775. The molecule has 0 saturated heterocycles. The average Bonchev–Trinajstić information content (AvgIpc) is 1.59. The lowest BCUT2D eigenvalue weighted by Crippen LogP contribution is -2.35. The molecule has 1 rings (SSSR count). The van der Waals surface area contributed by atoms with E-state index in [1.54, 1.807) is 0 Å². The first-order valence-electron chi connectivity index (χ1n) is 3.16. The topological polar surface area (TPSA) is 78.1 Å². The highest BCUT2D eigenvalue weighted by atomic mass is 14.7. The summed E-state index contributed by atoms with van der Waals surface area (Å²) in [6.07, 6.45) is 3.54. The van der Waals surface area contributed by atoms with Gasteiger partial charge < -0.3 is 17.2 Å². The summed E-state index contributed by atoms with van der Waals surface area (Å²) in [6, 6.07) is 0.249. The number of hydrogen-bond donors (Lipinski definition) is 3. The molecule has 9 heavy (non-hydrogen) atoms. The number of nitrogens with two attached hydrogens (primary N) is 3. The molecule has 0 spiro atoms. The van der Waals surface area contributed by atoms with Crippen LogP contribution in [0.15, 0.2) is 11.8 Å². The molecule has 2 atom stereocenters. The van der Waals surface area contributed by atoms with Gasteiger partial charge in [0.2, 0.25) is 0 Å². The van der Waals surface area contributed by atoms with E-state index in [2.05, 4.69) is 0 Å². The van der Waals surface area contributed by atoms with Gasteiger partial charge in [-0.2, -0.15) is 0 Å². The first-order chi connectivity index (χ1) is 4.18. The van der Waals surface area contributed by atoms with Crippen LogP contribution < -0.4 is 17.2 Å². The van der Waals surface area contributed by atoms with E-state index in [-0.39, 0.29) is 12.1 Å². The molecule has 3 nitrogen and oxygen atoms in total. The third kappa shape index (κ3) is 1.69. The fourth-order valence-electron chi connectivity index (χ4n) is 1.15. The molecule has 0 amide bonds. The van der Waals surface area contributed by atoms with E-state index in [1.165, 1.54) is 0 Å². The third-order valence-electron chi connectivity index (χ3n) is 1.50. The van der Waals surface area contributed by atoms with Crippen molar-refractivity contribution in [2.24, 2.45) is 17.2 Å². The van der Waals surface area contributed by atoms with E-state index in [1.807, 2.05) is 6.08 Å². The maximum atomic E-state index is 5.61. The highest BCUT2D eigenvalue weighted by Gasteiger charge is 2.13. The zero-order chi connectivity index (χ0) is 6.85. The predicted octanol–water partition coefficient (Wildman–Crippen LogP) is -0.723. The zero-order valence-corrected chi connectivity index (χ0v) is 5.38. The minimum Gasteiger partial charge on any atom is -0.402 e. The molecule has 0 saturated carbocycles. The molecule has 3 heteroatoms. The highest BCUT2D eigenvalue weighted by Crippen LogP contribution is 2.10. The lowest BCUT2D eigenvalue weighted by molar-refractivity contribution is 0.536. The van der Waals surface area contributed by atoms with Crippen molar-refractivity contribution < 1.29 is 0 Å². The molecule has 0 aromatic rings. The molecular weight excluding hydrogens is 114 g/mol. The highest BCUT2D eigenvalue weighted by molar-refractivity contribution is 5.09. The Balaban J connectivity index is 2.56. The second-order valence-corrected chi connectivity index (χ2v) is 2.61. The van der Waals surface area contributed by atoms with E-state index in [0.29, 0.717) is 0 Å². The molecule has 0 aliphatic heterocycles. The molecule has 0 heterocycles. The quantitative estimate of drug-likeness (QED) is 0.401. The van der Waals surface area contributed by atoms with E-state index < -0.39 is 0 Å². The van der Waals surface area contributed by atoms with Gasteiger partial charge in [0.15, 0.2) is 0 Å². The van der Waals surface area contributed by atoms with Gasteiger partial charge in [0, 0.05) is 24.2 Å². The summed E-state index contributed by atoms with van der Waals surface area (Å²) < 4.78 is 0. The monoisotopic (exact) mass is 127 g/mol. The lowest BCUT2D eigenvalue weighted by Gasteiger charge is -2.20. The van der Waals surface area contributed by atoms with Crippen LogP contribution >= 0.6 is 0 Å². The molecule has 0 bridgehead atoms. The van der Waals surface area contributed by atoms with Gasteiger partial charge in [0.05, 0.1) is 0 Å². The van der Waals surface area contributed by atoms with E-state index in [9.17, 15) is 0 Å². The Kier molecular flexibility index (Phi) is 1.73. The van der Waals surface area contributed by atoms with Gasteiger partial charge in [-0.25, -0.2) is 0 Å². The van der Waals surface area contributed by atoms with Gasteiger partial charge >= 0.3 is 0 Å². The van der Waals surface area contributed by atoms with Crippen molar-refractivity contribution in [1.82, 2.24) is 0 Å². The zero-order valence-electron chi connectivity index (χ0n) is 5.38. The second-order valence-electron chi connectivity index (χ2n) is 2.61. The van der Waals surface area contributed by atoms with E-state index in [4.69, 9.17) is 17.2 Å². The Morgan fingerprint density at radius 3 is 2.56 bits per heavy atom. The van der Waals surface area contributed by atoms with Gasteiger partial charge in [-0.15, -0.1) is 0 Å². The average molecular weight is 127 g/mol. The van der Waals surface area contributed by atoms with Gasteiger partial charge in [0.1, 0.15) is 0 Å². The Bertz CT molecular complexity index is 130. The largest absolute Gasteiger partial charge is 0.402 e. The van der Waals surface area contributed by atoms with Crippen LogP contribution in [-0.4, -0.2) is 12.1 Å². The predicted molar refractivity (Wildman–Crippen MR) is 37.5 cm³/mol. The SMILES string of the molecule is NC1=CC(N)CC(N)C1. The van der Waals surface area contributed by atoms with Crippen molar-refractivity contribution in [3.05, 3.63) is 11.8 Å². The molecule has 2 unspecified atom stereocenters. The normalized spacial score (nSPS) is 36.0. The van der Waals surface area contributed by atoms with Crippen molar-refractivity contribution in [2.75, 3.05) is 0 Å². The van der Waals surface area contributed by atoms with Crippen LogP contribution in [-0.2, 0) is 0 Å². The summed E-state index contributed by atoms with van der Waals surface area (Å²) in [5.41, 5.74) is 17.5. The maximum absolute atomic E-state index is 5.61. The van der Waals surface area contributed by atoms with Crippen LogP contribution in [0.3, 0.4) is 0 Å². The standard InChI is InChI=1S/C6H13N3/c7-4-1-5(8)3-6(9)2-4/h1,4,6H,2-3,7-9H2. The maximum Gasteiger partial charge on any atom is 0.0258 e. The van der Waals surface area contributed by atoms with Crippen molar-refractivity contribution in [3.63, 3.8) is 0 Å². The minimum atomic E-state index is 0.0775. The summed E-state index contributed by atoms with van der Waals surface area (Å²) in [4.78, 5) is 0. The van der Waals surface area contributed by atoms with Crippen molar-refractivity contribution in [1.29, 1.82) is 0 Å². The molecule has 1 aliphatic rings. The van der Waals surface area contributed by atoms with Gasteiger partial charge in [-0.1, -0.05) is 0 Å². The summed E-state index contributed by atoms with van der Waals surface area (Å²) >= 11 is 0. The van der Waals surface area contributed by atoms with Gasteiger partial charge in [-0.3, -0.25) is 0 Å². The fourth-order valence-corrected chi connectivity index (χ4v) is 1.15. The first-order valence-corrected chi connectivity index (χ1v) is 3.16. The lowest BCUT2D eigenvalue weighted by atomic mass is 9.97. The number of rotatable bonds is 0. The second kappa shape index (κ2) is 2.37. The Labute approximate surface area is 54.9 Å². The molecular formula is C6H13N3. The molecule has 1 aliphatic carbocycles. The molecule has 0 aromatic carbocycles. The molecule has 0 radical (unpaired) electrons. The summed E-state index contributed by atoms with van der Waals surface area (Å²) in [5, 5.41) is 0. The Morgan fingerprint density at radius 2 is 2.11 bits per heavy atom. The molecule has 52 valence electrons. The molecule has 0 fully saturated rings. The van der Waals surface area contributed by atoms with E-state index in [0.717, 1.165) is 18.5 Å². The Morgan fingerprint density at radius 1 is 1.44 bits per heavy atom. The Hall–Kier alpha value is -0.540. The van der Waals surface area contributed by atoms with Crippen molar-refractivity contribution in [3.8, 4) is 0 Å². The van der Waals surface area contributed by atoms with Crippen LogP contribution in [0.25, 0.3) is 0 Å². The number of hydrogen-bond acceptors (Lipinski definition) is 3. The molecule has 0 aromatic heterocycles. The third-order valence-corrected chi connectivity index (χ3v) is 1.50. The van der Waals surface area contributed by atoms with Crippen LogP contribution in [0, 0.1) is 0 Å². The van der Waals surface area contributed by atoms with Crippen molar-refractivity contribution >= 4 is 0 Å². The summed E-state index contributed by atoms with van der Waals surface area (Å²) in [6.45, 7) is 0. The smallest absolute Gasteiger partial charge is 0.0258 e. The first kappa shape index (κ1) is 6.58. The van der Waals surface area contributed by atoms with Crippen LogP contribution in [0.1, 0.15) is 12.8 Å². The van der Waals surface area contributed by atoms with Crippen LogP contribution in [0.4, 0.5) is 0 Å². The van der Waals surface area contributed by atoms with Crippen LogP contribution in [0.5, 0.6) is 0 Å².